The Hall–Kier alpha value is -4.75. The molecule has 51 heavy (non-hydrogen) atoms. The highest BCUT2D eigenvalue weighted by molar-refractivity contribution is 9.10. The van der Waals surface area contributed by atoms with E-state index in [4.69, 9.17) is 18.9 Å². The molecule has 0 bridgehead atoms. The summed E-state index contributed by atoms with van der Waals surface area (Å²) in [4.78, 5) is 30.3. The summed E-state index contributed by atoms with van der Waals surface area (Å²) < 4.78 is 53.0. The fourth-order valence-corrected chi connectivity index (χ4v) is 7.10. The van der Waals surface area contributed by atoms with Crippen LogP contribution in [0.5, 0.6) is 23.0 Å². The number of carbonyl (C=O) groups is 2. The van der Waals surface area contributed by atoms with Crippen LogP contribution in [-0.4, -0.2) is 71.7 Å². The summed E-state index contributed by atoms with van der Waals surface area (Å²) in [6, 6.07) is 24.6. The van der Waals surface area contributed by atoms with Crippen LogP contribution in [0.3, 0.4) is 0 Å². The molecule has 0 fully saturated rings. The molecule has 2 amide bonds. The highest BCUT2D eigenvalue weighted by Gasteiger charge is 2.37. The summed E-state index contributed by atoms with van der Waals surface area (Å²) in [6.45, 7) is 4.90. The number of benzene rings is 4. The minimum atomic E-state index is -4.50. The summed E-state index contributed by atoms with van der Waals surface area (Å²) in [7, 11) is 1.20. The van der Waals surface area contributed by atoms with Gasteiger partial charge in [-0.25, -0.2) is 8.42 Å². The van der Waals surface area contributed by atoms with Gasteiger partial charge < -0.3 is 29.2 Å². The lowest BCUT2D eigenvalue weighted by Crippen LogP contribution is -2.56. The second kappa shape index (κ2) is 17.0. The number of methoxy groups -OCH3 is 4. The molecule has 0 saturated carbocycles. The fraction of sp³-hybridized carbons (Fsp3) is 0.316. The van der Waals surface area contributed by atoms with Crippen molar-refractivity contribution in [3.05, 3.63) is 107 Å². The number of carbonyl (C=O) groups excluding carboxylic acids is 2. The van der Waals surface area contributed by atoms with Crippen molar-refractivity contribution >= 4 is 43.5 Å². The van der Waals surface area contributed by atoms with Crippen molar-refractivity contribution in [2.45, 2.75) is 50.2 Å². The van der Waals surface area contributed by atoms with E-state index in [9.17, 15) is 18.0 Å². The Labute approximate surface area is 308 Å². The second-order valence-electron chi connectivity index (χ2n) is 12.7. The van der Waals surface area contributed by atoms with E-state index in [1.54, 1.807) is 12.1 Å². The molecule has 11 nitrogen and oxygen atoms in total. The number of nitrogens with zero attached hydrogens (tertiary/aromatic N) is 2. The second-order valence-corrected chi connectivity index (χ2v) is 15.4. The monoisotopic (exact) mass is 781 g/mol. The molecule has 1 N–H and O–H groups in total. The van der Waals surface area contributed by atoms with Crippen LogP contribution in [0, 0.1) is 0 Å². The van der Waals surface area contributed by atoms with Gasteiger partial charge in [-0.1, -0.05) is 58.4 Å². The quantitative estimate of drug-likeness (QED) is 0.151. The maximum atomic E-state index is 14.9. The summed E-state index contributed by atoms with van der Waals surface area (Å²) >= 11 is 3.46. The van der Waals surface area contributed by atoms with Crippen LogP contribution >= 0.6 is 15.9 Å². The van der Waals surface area contributed by atoms with Gasteiger partial charge in [0.25, 0.3) is 10.0 Å². The Balaban J connectivity index is 1.91. The molecule has 13 heteroatoms. The Morgan fingerprint density at radius 2 is 1.39 bits per heavy atom. The molecule has 0 heterocycles. The van der Waals surface area contributed by atoms with Crippen molar-refractivity contribution in [2.24, 2.45) is 0 Å². The normalized spacial score (nSPS) is 12.0. The van der Waals surface area contributed by atoms with Crippen molar-refractivity contribution < 1.29 is 37.0 Å². The minimum absolute atomic E-state index is 0.0146. The van der Waals surface area contributed by atoms with E-state index in [2.05, 4.69) is 21.2 Å². The molecule has 0 aromatic heterocycles. The first kappa shape index (κ1) is 39.0. The van der Waals surface area contributed by atoms with E-state index in [0.29, 0.717) is 11.5 Å². The summed E-state index contributed by atoms with van der Waals surface area (Å²) in [5.41, 5.74) is 1.00. The lowest BCUT2D eigenvalue weighted by Gasteiger charge is -2.35. The van der Waals surface area contributed by atoms with Crippen molar-refractivity contribution in [1.29, 1.82) is 0 Å². The van der Waals surface area contributed by atoms with Crippen LogP contribution < -0.4 is 28.6 Å². The third-order valence-corrected chi connectivity index (χ3v) is 10.2. The number of hydrogen-bond donors (Lipinski definition) is 1. The lowest BCUT2D eigenvalue weighted by molar-refractivity contribution is -0.140. The Bertz CT molecular complexity index is 1920. The molecule has 0 saturated heterocycles. The molecule has 4 aromatic carbocycles. The number of sulfonamides is 1. The minimum Gasteiger partial charge on any atom is -0.497 e. The van der Waals surface area contributed by atoms with Crippen molar-refractivity contribution in [2.75, 3.05) is 39.3 Å². The molecule has 4 rings (SSSR count). The Kier molecular flexibility index (Phi) is 13.0. The van der Waals surface area contributed by atoms with Gasteiger partial charge in [-0.2, -0.15) is 0 Å². The molecule has 0 aliphatic carbocycles. The highest BCUT2D eigenvalue weighted by Crippen LogP contribution is 2.38. The Morgan fingerprint density at radius 3 is 1.98 bits per heavy atom. The third kappa shape index (κ3) is 9.95. The number of halogens is 1. The fourth-order valence-electron chi connectivity index (χ4n) is 5.40. The van der Waals surface area contributed by atoms with Gasteiger partial charge in [0.15, 0.2) is 11.5 Å². The zero-order valence-electron chi connectivity index (χ0n) is 29.8. The highest BCUT2D eigenvalue weighted by atomic mass is 79.9. The molecule has 0 unspecified atom stereocenters. The molecule has 1 atom stereocenters. The van der Waals surface area contributed by atoms with E-state index < -0.39 is 34.1 Å². The largest absolute Gasteiger partial charge is 0.497 e. The first-order valence-electron chi connectivity index (χ1n) is 16.1. The molecule has 4 aromatic rings. The van der Waals surface area contributed by atoms with Crippen LogP contribution in [-0.2, 0) is 32.6 Å². The van der Waals surface area contributed by atoms with Crippen LogP contribution in [0.2, 0.25) is 0 Å². The summed E-state index contributed by atoms with van der Waals surface area (Å²) in [6.07, 6.45) is 0.177. The van der Waals surface area contributed by atoms with Crippen LogP contribution in [0.15, 0.2) is 100 Å². The lowest BCUT2D eigenvalue weighted by atomic mass is 10.0. The Morgan fingerprint density at radius 1 is 0.765 bits per heavy atom. The summed E-state index contributed by atoms with van der Waals surface area (Å²) in [5.74, 6) is 0.0118. The average Bonchev–Trinajstić information content (AvgIpc) is 3.11. The summed E-state index contributed by atoms with van der Waals surface area (Å²) in [5, 5.41) is 3.03. The standard InChI is InChI=1S/C38H44BrN3O8S/c1-38(2,3)40-37(44)32(21-26-11-9-8-10-12-26)41(24-27-13-15-28(39)16-14-27)36(43)25-42(31-22-29(47-4)17-19-33(31)48-5)51(45,46)30-18-20-34(49-6)35(23-30)50-7/h8-20,22-23,32H,21,24-25H2,1-7H3,(H,40,44)/t32-/m0/s1. The van der Waals surface area contributed by atoms with Crippen LogP contribution in [0.1, 0.15) is 31.9 Å². The zero-order chi connectivity index (χ0) is 37.3. The maximum Gasteiger partial charge on any atom is 0.265 e. The van der Waals surface area contributed by atoms with E-state index in [1.807, 2.05) is 75.4 Å². The van der Waals surface area contributed by atoms with Gasteiger partial charge in [-0.05, 0) is 68.3 Å². The molecule has 0 aliphatic rings. The molecule has 272 valence electrons. The average molecular weight is 783 g/mol. The van der Waals surface area contributed by atoms with Gasteiger partial charge in [0, 0.05) is 35.1 Å². The number of amides is 2. The smallest absolute Gasteiger partial charge is 0.265 e. The first-order chi connectivity index (χ1) is 24.2. The molecular formula is C38H44BrN3O8S. The topological polar surface area (TPSA) is 124 Å². The third-order valence-electron chi connectivity index (χ3n) is 7.91. The zero-order valence-corrected chi connectivity index (χ0v) is 32.2. The van der Waals surface area contributed by atoms with Crippen molar-refractivity contribution in [3.8, 4) is 23.0 Å². The SMILES string of the molecule is COc1ccc(OC)c(N(CC(=O)N(Cc2ccc(Br)cc2)[C@@H](Cc2ccccc2)C(=O)NC(C)(C)C)S(=O)(=O)c2ccc(OC)c(OC)c2)c1. The molecular weight excluding hydrogens is 738 g/mol. The van der Waals surface area contributed by atoms with Crippen molar-refractivity contribution in [1.82, 2.24) is 10.2 Å². The molecule has 0 spiro atoms. The van der Waals surface area contributed by atoms with Gasteiger partial charge in [-0.3, -0.25) is 13.9 Å². The number of anilines is 1. The van der Waals surface area contributed by atoms with E-state index >= 15 is 0 Å². The van der Waals surface area contributed by atoms with Crippen LogP contribution in [0.25, 0.3) is 0 Å². The van der Waals surface area contributed by atoms with Crippen LogP contribution in [0.4, 0.5) is 5.69 Å². The molecule has 0 aliphatic heterocycles. The van der Waals surface area contributed by atoms with Crippen molar-refractivity contribution in [3.63, 3.8) is 0 Å². The predicted octanol–water partition coefficient (Wildman–Crippen LogP) is 6.23. The predicted molar refractivity (Wildman–Crippen MR) is 200 cm³/mol. The first-order valence-corrected chi connectivity index (χ1v) is 18.3. The van der Waals surface area contributed by atoms with Gasteiger partial charge in [-0.15, -0.1) is 0 Å². The van der Waals surface area contributed by atoms with Gasteiger partial charge >= 0.3 is 0 Å². The van der Waals surface area contributed by atoms with E-state index in [1.165, 1.54) is 57.6 Å². The molecule has 0 radical (unpaired) electrons. The number of ether oxygens (including phenoxy) is 4. The van der Waals surface area contributed by atoms with Gasteiger partial charge in [0.2, 0.25) is 11.8 Å². The van der Waals surface area contributed by atoms with E-state index in [0.717, 1.165) is 19.9 Å². The van der Waals surface area contributed by atoms with Gasteiger partial charge in [0.1, 0.15) is 24.1 Å². The van der Waals surface area contributed by atoms with E-state index in [-0.39, 0.29) is 41.0 Å². The number of nitrogens with one attached hydrogen (secondary N) is 1. The number of hydrogen-bond acceptors (Lipinski definition) is 8. The maximum absolute atomic E-state index is 14.9. The van der Waals surface area contributed by atoms with Gasteiger partial charge in [0.05, 0.1) is 39.0 Å². The number of rotatable bonds is 15.